The van der Waals surface area contributed by atoms with Crippen molar-refractivity contribution in [3.8, 4) is 5.75 Å². The number of aromatic nitrogens is 2. The Morgan fingerprint density at radius 3 is 2.65 bits per heavy atom. The smallest absolute Gasteiger partial charge is 0.227 e. The number of Topliss-reactive ketones (excluding diaryl/α,β-unsaturated/α-hetero) is 1. The Kier molecular flexibility index (Phi) is 6.39. The highest BCUT2D eigenvalue weighted by Gasteiger charge is 2.34. The molecule has 0 saturated carbocycles. The molecular weight excluding hydrogens is 392 g/mol. The van der Waals surface area contributed by atoms with Crippen LogP contribution in [0.3, 0.4) is 0 Å². The second kappa shape index (κ2) is 9.20. The van der Waals surface area contributed by atoms with Gasteiger partial charge in [-0.05, 0) is 44.7 Å². The van der Waals surface area contributed by atoms with E-state index in [2.05, 4.69) is 4.90 Å². The van der Waals surface area contributed by atoms with Gasteiger partial charge in [-0.3, -0.25) is 9.59 Å². The van der Waals surface area contributed by atoms with E-state index < -0.39 is 0 Å². The molecule has 0 aliphatic carbocycles. The molecule has 2 aliphatic rings. The average Bonchev–Trinajstić information content (AvgIpc) is 2.82. The second-order valence-electron chi connectivity index (χ2n) is 8.72. The zero-order valence-corrected chi connectivity index (χ0v) is 18.8. The van der Waals surface area contributed by atoms with Gasteiger partial charge in [0.05, 0.1) is 24.2 Å². The third kappa shape index (κ3) is 4.50. The number of carbonyl (C=O) groups excluding carboxylic acids is 2. The van der Waals surface area contributed by atoms with Crippen LogP contribution in [0.15, 0.2) is 18.2 Å². The molecule has 3 heterocycles. The van der Waals surface area contributed by atoms with Gasteiger partial charge in [-0.25, -0.2) is 9.97 Å². The van der Waals surface area contributed by atoms with E-state index in [4.69, 9.17) is 14.7 Å². The van der Waals surface area contributed by atoms with E-state index >= 15 is 0 Å². The van der Waals surface area contributed by atoms with Crippen LogP contribution >= 0.6 is 0 Å². The number of hydrogen-bond acceptors (Lipinski definition) is 6. The highest BCUT2D eigenvalue weighted by Crippen LogP contribution is 2.28. The highest BCUT2D eigenvalue weighted by atomic mass is 16.5. The first-order valence-electron chi connectivity index (χ1n) is 11.4. The number of hydrogen-bond donors (Lipinski definition) is 0. The molecule has 7 nitrogen and oxygen atoms in total. The summed E-state index contributed by atoms with van der Waals surface area (Å²) in [6.07, 6.45) is 4.17. The fraction of sp³-hybridized carbons (Fsp3) is 0.583. The molecular formula is C24H32N4O3. The summed E-state index contributed by atoms with van der Waals surface area (Å²) in [5.41, 5.74) is 1.78. The van der Waals surface area contributed by atoms with E-state index in [-0.39, 0.29) is 23.5 Å². The minimum Gasteiger partial charge on any atom is -0.497 e. The highest BCUT2D eigenvalue weighted by molar-refractivity contribution is 5.85. The number of benzene rings is 1. The number of carbonyl (C=O) groups is 2. The van der Waals surface area contributed by atoms with Crippen molar-refractivity contribution < 1.29 is 14.3 Å². The number of rotatable bonds is 5. The van der Waals surface area contributed by atoms with Crippen LogP contribution in [0.25, 0.3) is 10.9 Å². The molecule has 1 amide bonds. The van der Waals surface area contributed by atoms with Crippen molar-refractivity contribution in [3.05, 3.63) is 23.9 Å². The molecule has 2 fully saturated rings. The average molecular weight is 425 g/mol. The number of likely N-dealkylation sites (tertiary alicyclic amines) is 1. The first-order chi connectivity index (χ1) is 15.0. The first kappa shape index (κ1) is 21.5. The number of fused-ring (bicyclic) bond motifs is 1. The predicted octanol–water partition coefficient (Wildman–Crippen LogP) is 3.38. The summed E-state index contributed by atoms with van der Waals surface area (Å²) in [5.74, 6) is 1.83. The van der Waals surface area contributed by atoms with Crippen LogP contribution in [0.1, 0.15) is 44.7 Å². The van der Waals surface area contributed by atoms with Gasteiger partial charge >= 0.3 is 0 Å². The maximum absolute atomic E-state index is 13.3. The lowest BCUT2D eigenvalue weighted by Crippen LogP contribution is -2.49. The van der Waals surface area contributed by atoms with Gasteiger partial charge in [-0.15, -0.1) is 0 Å². The third-order valence-electron chi connectivity index (χ3n) is 6.67. The number of nitrogens with zero attached hydrogens (tertiary/aromatic N) is 4. The Hall–Kier alpha value is -2.70. The normalized spacial score (nSPS) is 21.9. The van der Waals surface area contributed by atoms with Gasteiger partial charge in [0.15, 0.2) is 0 Å². The van der Waals surface area contributed by atoms with Gasteiger partial charge in [-0.1, -0.05) is 6.92 Å². The molecule has 2 aromatic rings. The molecule has 2 aliphatic heterocycles. The molecule has 0 radical (unpaired) electrons. The van der Waals surface area contributed by atoms with E-state index in [0.29, 0.717) is 25.5 Å². The molecule has 0 bridgehead atoms. The van der Waals surface area contributed by atoms with E-state index in [9.17, 15) is 9.59 Å². The number of aryl methyl sites for hydroxylation is 1. The lowest BCUT2D eigenvalue weighted by Gasteiger charge is -2.38. The van der Waals surface area contributed by atoms with Gasteiger partial charge in [0.25, 0.3) is 0 Å². The van der Waals surface area contributed by atoms with Crippen molar-refractivity contribution in [3.63, 3.8) is 0 Å². The fourth-order valence-electron chi connectivity index (χ4n) is 4.87. The van der Waals surface area contributed by atoms with Gasteiger partial charge < -0.3 is 14.5 Å². The molecule has 7 heteroatoms. The number of ketones is 1. The standard InChI is InChI=1S/C24H32N4O3/c1-4-22(29)17-7-5-11-27(14-17)23(30)18-8-6-12-28(15-18)24-25-16(2)20-10-9-19(31-3)13-21(20)26-24/h9-10,13,17-18H,4-8,11-12,14-15H2,1-3H3/t17-,18+/m0/s1. The molecule has 1 aromatic carbocycles. The van der Waals surface area contributed by atoms with E-state index in [1.165, 1.54) is 0 Å². The lowest BCUT2D eigenvalue weighted by molar-refractivity contribution is -0.139. The Bertz CT molecular complexity index is 977. The van der Waals surface area contributed by atoms with Crippen LogP contribution in [0.2, 0.25) is 0 Å². The molecule has 0 unspecified atom stereocenters. The first-order valence-corrected chi connectivity index (χ1v) is 11.4. The van der Waals surface area contributed by atoms with Crippen molar-refractivity contribution in [2.45, 2.75) is 46.0 Å². The Morgan fingerprint density at radius 2 is 1.87 bits per heavy atom. The van der Waals surface area contributed by atoms with Gasteiger partial charge in [0.2, 0.25) is 11.9 Å². The Morgan fingerprint density at radius 1 is 1.10 bits per heavy atom. The summed E-state index contributed by atoms with van der Waals surface area (Å²) in [5, 5.41) is 1.01. The van der Waals surface area contributed by atoms with Crippen LogP contribution < -0.4 is 9.64 Å². The number of methoxy groups -OCH3 is 1. The monoisotopic (exact) mass is 424 g/mol. The van der Waals surface area contributed by atoms with Gasteiger partial charge in [0.1, 0.15) is 11.5 Å². The largest absolute Gasteiger partial charge is 0.497 e. The second-order valence-corrected chi connectivity index (χ2v) is 8.72. The summed E-state index contributed by atoms with van der Waals surface area (Å²) < 4.78 is 5.35. The predicted molar refractivity (Wildman–Crippen MR) is 120 cm³/mol. The number of amides is 1. The van der Waals surface area contributed by atoms with Crippen LogP contribution in [-0.4, -0.2) is 59.8 Å². The summed E-state index contributed by atoms with van der Waals surface area (Å²) in [4.78, 5) is 39.0. The lowest BCUT2D eigenvalue weighted by atomic mass is 9.90. The Balaban J connectivity index is 1.50. The molecule has 2 atom stereocenters. The number of anilines is 1. The van der Waals surface area contributed by atoms with Crippen LogP contribution in [-0.2, 0) is 9.59 Å². The van der Waals surface area contributed by atoms with E-state index in [1.807, 2.05) is 36.9 Å². The number of ether oxygens (including phenoxy) is 1. The third-order valence-corrected chi connectivity index (χ3v) is 6.67. The van der Waals surface area contributed by atoms with Crippen molar-refractivity contribution in [2.75, 3.05) is 38.2 Å². The molecule has 31 heavy (non-hydrogen) atoms. The molecule has 0 N–H and O–H groups in total. The van der Waals surface area contributed by atoms with Crippen molar-refractivity contribution in [2.24, 2.45) is 11.8 Å². The van der Waals surface area contributed by atoms with Gasteiger partial charge in [-0.2, -0.15) is 0 Å². The minimum atomic E-state index is -0.0749. The summed E-state index contributed by atoms with van der Waals surface area (Å²) in [6, 6.07) is 5.84. The zero-order valence-electron chi connectivity index (χ0n) is 18.8. The molecule has 4 rings (SSSR count). The SMILES string of the molecule is CCC(=O)[C@H]1CCCN(C(=O)[C@@H]2CCCN(c3nc(C)c4ccc(OC)cc4n3)C2)C1. The minimum absolute atomic E-state index is 0.00356. The van der Waals surface area contributed by atoms with Crippen LogP contribution in [0.5, 0.6) is 5.75 Å². The molecule has 0 spiro atoms. The zero-order chi connectivity index (χ0) is 22.0. The van der Waals surface area contributed by atoms with Crippen molar-refractivity contribution in [1.29, 1.82) is 0 Å². The van der Waals surface area contributed by atoms with Crippen molar-refractivity contribution in [1.82, 2.24) is 14.9 Å². The van der Waals surface area contributed by atoms with E-state index in [0.717, 1.165) is 61.1 Å². The van der Waals surface area contributed by atoms with Crippen LogP contribution in [0.4, 0.5) is 5.95 Å². The van der Waals surface area contributed by atoms with Gasteiger partial charge in [0, 0.05) is 50.0 Å². The Labute approximate surface area is 183 Å². The maximum atomic E-state index is 13.3. The summed E-state index contributed by atoms with van der Waals surface area (Å²) >= 11 is 0. The van der Waals surface area contributed by atoms with Crippen LogP contribution in [0, 0.1) is 18.8 Å². The number of piperidine rings is 2. The maximum Gasteiger partial charge on any atom is 0.227 e. The molecule has 1 aromatic heterocycles. The summed E-state index contributed by atoms with van der Waals surface area (Å²) in [6.45, 7) is 6.70. The van der Waals surface area contributed by atoms with E-state index in [1.54, 1.807) is 7.11 Å². The summed E-state index contributed by atoms with van der Waals surface area (Å²) in [7, 11) is 1.65. The molecule has 166 valence electrons. The topological polar surface area (TPSA) is 75.6 Å². The quantitative estimate of drug-likeness (QED) is 0.732. The van der Waals surface area contributed by atoms with Crippen molar-refractivity contribution >= 4 is 28.5 Å². The molecule has 2 saturated heterocycles. The fourth-order valence-corrected chi connectivity index (χ4v) is 4.87.